The van der Waals surface area contributed by atoms with E-state index >= 15 is 0 Å². The number of allylic oxidation sites excluding steroid dienone is 1. The number of ether oxygens (including phenoxy) is 1. The van der Waals surface area contributed by atoms with Gasteiger partial charge in [-0.2, -0.15) is 11.8 Å². The summed E-state index contributed by atoms with van der Waals surface area (Å²) in [5.41, 5.74) is 1.55. The minimum Gasteiger partial charge on any atom is -0.501 e. The molecule has 1 saturated carbocycles. The highest BCUT2D eigenvalue weighted by Crippen LogP contribution is 2.25. The lowest BCUT2D eigenvalue weighted by Gasteiger charge is -2.14. The van der Waals surface area contributed by atoms with Crippen molar-refractivity contribution in [1.82, 2.24) is 0 Å². The van der Waals surface area contributed by atoms with Crippen molar-refractivity contribution in [3.63, 3.8) is 0 Å². The van der Waals surface area contributed by atoms with Crippen molar-refractivity contribution in [3.8, 4) is 0 Å². The molecular formula is C16H28OS. The summed E-state index contributed by atoms with van der Waals surface area (Å²) in [7, 11) is 0. The average molecular weight is 268 g/mol. The summed E-state index contributed by atoms with van der Waals surface area (Å²) in [6, 6.07) is 0. The maximum atomic E-state index is 5.73. The molecule has 18 heavy (non-hydrogen) atoms. The molecule has 2 rings (SSSR count). The Labute approximate surface area is 117 Å². The first-order chi connectivity index (χ1) is 8.95. The maximum Gasteiger partial charge on any atom is 0.0873 e. The largest absolute Gasteiger partial charge is 0.501 e. The van der Waals surface area contributed by atoms with Gasteiger partial charge in [-0.25, -0.2) is 0 Å². The minimum atomic E-state index is 0.935. The molecule has 1 atom stereocenters. The van der Waals surface area contributed by atoms with E-state index in [4.69, 9.17) is 4.74 Å². The molecule has 0 bridgehead atoms. The van der Waals surface area contributed by atoms with Crippen LogP contribution in [-0.4, -0.2) is 18.1 Å². The number of hydrogen-bond acceptors (Lipinski definition) is 2. The summed E-state index contributed by atoms with van der Waals surface area (Å²) in [5.74, 6) is 3.74. The van der Waals surface area contributed by atoms with Gasteiger partial charge in [0, 0.05) is 0 Å². The summed E-state index contributed by atoms with van der Waals surface area (Å²) in [4.78, 5) is 0. The molecule has 1 aliphatic heterocycles. The SMILES string of the molecule is C(OCCCC1CCCCSC1)=C1CCCCC1. The summed E-state index contributed by atoms with van der Waals surface area (Å²) in [5, 5.41) is 0. The molecule has 0 N–H and O–H groups in total. The molecule has 2 heteroatoms. The molecule has 1 saturated heterocycles. The molecule has 1 nitrogen and oxygen atoms in total. The van der Waals surface area contributed by atoms with Gasteiger partial charge in [0.05, 0.1) is 12.9 Å². The predicted octanol–water partition coefficient (Wildman–Crippen LogP) is 5.16. The first kappa shape index (κ1) is 14.3. The number of hydrogen-bond donors (Lipinski definition) is 0. The van der Waals surface area contributed by atoms with E-state index in [9.17, 15) is 0 Å². The molecule has 0 aromatic carbocycles. The Bertz CT molecular complexity index is 233. The normalized spacial score (nSPS) is 25.6. The van der Waals surface area contributed by atoms with Crippen molar-refractivity contribution in [2.24, 2.45) is 5.92 Å². The highest BCUT2D eigenvalue weighted by molar-refractivity contribution is 7.99. The van der Waals surface area contributed by atoms with Gasteiger partial charge in [-0.1, -0.05) is 12.8 Å². The molecule has 0 amide bonds. The van der Waals surface area contributed by atoms with E-state index in [0.29, 0.717) is 0 Å². The lowest BCUT2D eigenvalue weighted by Crippen LogP contribution is -2.04. The molecule has 1 unspecified atom stereocenters. The minimum absolute atomic E-state index is 0.935. The fourth-order valence-electron chi connectivity index (χ4n) is 2.95. The van der Waals surface area contributed by atoms with E-state index in [1.165, 1.54) is 75.7 Å². The van der Waals surface area contributed by atoms with Crippen LogP contribution >= 0.6 is 11.8 Å². The van der Waals surface area contributed by atoms with Crippen LogP contribution in [0.3, 0.4) is 0 Å². The molecular weight excluding hydrogens is 240 g/mol. The molecule has 2 aliphatic rings. The van der Waals surface area contributed by atoms with Gasteiger partial charge in [0.15, 0.2) is 0 Å². The molecule has 1 heterocycles. The number of rotatable bonds is 5. The lowest BCUT2D eigenvalue weighted by molar-refractivity contribution is 0.228. The van der Waals surface area contributed by atoms with Gasteiger partial charge in [0.1, 0.15) is 0 Å². The van der Waals surface area contributed by atoms with Crippen molar-refractivity contribution < 1.29 is 4.74 Å². The number of thioether (sulfide) groups is 1. The zero-order valence-corrected chi connectivity index (χ0v) is 12.5. The topological polar surface area (TPSA) is 9.23 Å². The quantitative estimate of drug-likeness (QED) is 0.503. The van der Waals surface area contributed by atoms with Crippen LogP contribution in [-0.2, 0) is 4.74 Å². The summed E-state index contributed by atoms with van der Waals surface area (Å²) in [6.07, 6.45) is 15.7. The Morgan fingerprint density at radius 1 is 1.11 bits per heavy atom. The van der Waals surface area contributed by atoms with Gasteiger partial charge < -0.3 is 4.74 Å². The smallest absolute Gasteiger partial charge is 0.0873 e. The molecule has 2 fully saturated rings. The standard InChI is InChI=1S/C16H28OS/c1-2-7-15(8-3-1)13-17-11-6-10-16-9-4-5-12-18-14-16/h13,16H,1-12,14H2. The summed E-state index contributed by atoms with van der Waals surface area (Å²) >= 11 is 2.16. The third-order valence-electron chi connectivity index (χ3n) is 4.12. The first-order valence-corrected chi connectivity index (χ1v) is 8.98. The molecule has 0 aromatic heterocycles. The third-order valence-corrected chi connectivity index (χ3v) is 5.41. The van der Waals surface area contributed by atoms with E-state index in [1.54, 1.807) is 5.57 Å². The highest BCUT2D eigenvalue weighted by atomic mass is 32.2. The van der Waals surface area contributed by atoms with Crippen LogP contribution in [0.4, 0.5) is 0 Å². The lowest BCUT2D eigenvalue weighted by atomic mass is 9.96. The van der Waals surface area contributed by atoms with Crippen LogP contribution < -0.4 is 0 Å². The first-order valence-electron chi connectivity index (χ1n) is 7.82. The van der Waals surface area contributed by atoms with Crippen molar-refractivity contribution in [1.29, 1.82) is 0 Å². The van der Waals surface area contributed by atoms with Gasteiger partial charge in [0.25, 0.3) is 0 Å². The predicted molar refractivity (Wildman–Crippen MR) is 81.0 cm³/mol. The van der Waals surface area contributed by atoms with E-state index in [-0.39, 0.29) is 0 Å². The molecule has 104 valence electrons. The molecule has 0 aromatic rings. The van der Waals surface area contributed by atoms with Crippen LogP contribution in [0.25, 0.3) is 0 Å². The monoisotopic (exact) mass is 268 g/mol. The molecule has 0 spiro atoms. The highest BCUT2D eigenvalue weighted by Gasteiger charge is 2.12. The summed E-state index contributed by atoms with van der Waals surface area (Å²) in [6.45, 7) is 0.935. The Hall–Kier alpha value is -0.110. The fourth-order valence-corrected chi connectivity index (χ4v) is 4.20. The van der Waals surface area contributed by atoms with E-state index in [2.05, 4.69) is 18.0 Å². The zero-order valence-electron chi connectivity index (χ0n) is 11.7. The molecule has 0 radical (unpaired) electrons. The Kier molecular flexibility index (Phi) is 7.07. The van der Waals surface area contributed by atoms with Gasteiger partial charge in [-0.05, 0) is 74.4 Å². The second-order valence-corrected chi connectivity index (χ2v) is 6.94. The van der Waals surface area contributed by atoms with Crippen LogP contribution in [0.15, 0.2) is 11.8 Å². The van der Waals surface area contributed by atoms with Gasteiger partial charge in [0.2, 0.25) is 0 Å². The Morgan fingerprint density at radius 3 is 2.89 bits per heavy atom. The van der Waals surface area contributed by atoms with Crippen LogP contribution in [0.2, 0.25) is 0 Å². The van der Waals surface area contributed by atoms with Crippen molar-refractivity contribution >= 4 is 11.8 Å². The third kappa shape index (κ3) is 5.69. The summed E-state index contributed by atoms with van der Waals surface area (Å²) < 4.78 is 5.73. The van der Waals surface area contributed by atoms with Crippen LogP contribution in [0.5, 0.6) is 0 Å². The van der Waals surface area contributed by atoms with E-state index in [0.717, 1.165) is 12.5 Å². The van der Waals surface area contributed by atoms with E-state index < -0.39 is 0 Å². The Morgan fingerprint density at radius 2 is 2.00 bits per heavy atom. The zero-order chi connectivity index (χ0) is 12.5. The van der Waals surface area contributed by atoms with Gasteiger partial charge in [-0.3, -0.25) is 0 Å². The van der Waals surface area contributed by atoms with Crippen molar-refractivity contribution in [3.05, 3.63) is 11.8 Å². The van der Waals surface area contributed by atoms with E-state index in [1.807, 2.05) is 0 Å². The molecule has 1 aliphatic carbocycles. The van der Waals surface area contributed by atoms with Crippen LogP contribution in [0.1, 0.15) is 64.2 Å². The van der Waals surface area contributed by atoms with Crippen molar-refractivity contribution in [2.75, 3.05) is 18.1 Å². The second kappa shape index (κ2) is 8.90. The Balaban J connectivity index is 1.52. The fraction of sp³-hybridized carbons (Fsp3) is 0.875. The van der Waals surface area contributed by atoms with Gasteiger partial charge in [-0.15, -0.1) is 0 Å². The second-order valence-electron chi connectivity index (χ2n) is 5.79. The van der Waals surface area contributed by atoms with Crippen LogP contribution in [0, 0.1) is 5.92 Å². The maximum absolute atomic E-state index is 5.73. The van der Waals surface area contributed by atoms with Gasteiger partial charge >= 0.3 is 0 Å². The average Bonchev–Trinajstić information content (AvgIpc) is 2.68. The van der Waals surface area contributed by atoms with Crippen molar-refractivity contribution in [2.45, 2.75) is 64.2 Å².